The van der Waals surface area contributed by atoms with Crippen molar-refractivity contribution in [2.75, 3.05) is 31.7 Å². The van der Waals surface area contributed by atoms with Crippen LogP contribution in [0.4, 0.5) is 5.69 Å². The zero-order chi connectivity index (χ0) is 13.0. The molecule has 0 aromatic heterocycles. The summed E-state index contributed by atoms with van der Waals surface area (Å²) in [6.45, 7) is 3.61. The van der Waals surface area contributed by atoms with Crippen molar-refractivity contribution in [1.29, 1.82) is 0 Å². The number of carbonyl (C=O) groups excluding carboxylic acids is 1. The molecule has 0 aliphatic carbocycles. The Balaban J connectivity index is 2.34. The van der Waals surface area contributed by atoms with E-state index < -0.39 is 0 Å². The number of hydrogen-bond donors (Lipinski definition) is 1. The molecule has 1 aliphatic rings. The third-order valence-electron chi connectivity index (χ3n) is 3.24. The van der Waals surface area contributed by atoms with Crippen molar-refractivity contribution in [1.82, 2.24) is 5.32 Å². The van der Waals surface area contributed by atoms with Gasteiger partial charge in [-0.3, -0.25) is 4.79 Å². The Kier molecular flexibility index (Phi) is 4.33. The molecule has 1 heterocycles. The van der Waals surface area contributed by atoms with Crippen LogP contribution in [0.1, 0.15) is 12.5 Å². The Morgan fingerprint density at radius 1 is 1.44 bits per heavy atom. The van der Waals surface area contributed by atoms with Gasteiger partial charge >= 0.3 is 0 Å². The summed E-state index contributed by atoms with van der Waals surface area (Å²) >= 11 is 0. The molecule has 1 N–H and O–H groups in total. The molecule has 1 aromatic rings. The first-order chi connectivity index (χ1) is 8.77. The molecule has 18 heavy (non-hydrogen) atoms. The number of anilines is 1. The van der Waals surface area contributed by atoms with E-state index >= 15 is 0 Å². The van der Waals surface area contributed by atoms with Gasteiger partial charge in [0.25, 0.3) is 5.91 Å². The first-order valence-corrected chi connectivity index (χ1v) is 6.40. The van der Waals surface area contributed by atoms with Crippen molar-refractivity contribution in [3.8, 4) is 0 Å². The molecule has 0 spiro atoms. The van der Waals surface area contributed by atoms with E-state index in [9.17, 15) is 4.79 Å². The lowest BCUT2D eigenvalue weighted by molar-refractivity contribution is -0.127. The summed E-state index contributed by atoms with van der Waals surface area (Å²) < 4.78 is 5.34. The summed E-state index contributed by atoms with van der Waals surface area (Å²) in [6, 6.07) is 8.16. The van der Waals surface area contributed by atoms with Gasteiger partial charge in [-0.15, -0.1) is 0 Å². The minimum atomic E-state index is 0.0439. The smallest absolute Gasteiger partial charge is 0.253 e. The molecular weight excluding hydrogens is 228 g/mol. The predicted octanol–water partition coefficient (Wildman–Crippen LogP) is 1.20. The maximum absolute atomic E-state index is 12.1. The van der Waals surface area contributed by atoms with Crippen LogP contribution in [-0.4, -0.2) is 38.8 Å². The topological polar surface area (TPSA) is 41.6 Å². The molecule has 1 saturated heterocycles. The van der Waals surface area contributed by atoms with E-state index in [4.69, 9.17) is 4.74 Å². The monoisotopic (exact) mass is 248 g/mol. The lowest BCUT2D eigenvalue weighted by atomic mass is 10.1. The van der Waals surface area contributed by atoms with Crippen molar-refractivity contribution in [3.63, 3.8) is 0 Å². The Hall–Kier alpha value is -1.39. The van der Waals surface area contributed by atoms with Crippen LogP contribution in [0.5, 0.6) is 0 Å². The van der Waals surface area contributed by atoms with Crippen LogP contribution in [0.15, 0.2) is 24.3 Å². The van der Waals surface area contributed by atoms with Crippen LogP contribution in [0.25, 0.3) is 0 Å². The summed E-state index contributed by atoms with van der Waals surface area (Å²) in [5, 5.41) is 3.12. The predicted molar refractivity (Wildman–Crippen MR) is 71.8 cm³/mol. The van der Waals surface area contributed by atoms with Gasteiger partial charge in [0.1, 0.15) is 6.61 Å². The van der Waals surface area contributed by atoms with Crippen LogP contribution >= 0.6 is 0 Å². The fourth-order valence-corrected chi connectivity index (χ4v) is 2.39. The number of nitrogens with zero attached hydrogens (tertiary/aromatic N) is 1. The molecule has 2 rings (SSSR count). The molecule has 0 bridgehead atoms. The maximum Gasteiger partial charge on any atom is 0.253 e. The van der Waals surface area contributed by atoms with E-state index in [0.717, 1.165) is 18.7 Å². The highest BCUT2D eigenvalue weighted by atomic mass is 16.5. The number of likely N-dealkylation sites (N-methyl/N-ethyl adjacent to an activating group) is 1. The van der Waals surface area contributed by atoms with Gasteiger partial charge in [-0.05, 0) is 25.1 Å². The Morgan fingerprint density at radius 2 is 2.22 bits per heavy atom. The molecule has 0 radical (unpaired) electrons. The standard InChI is InChI=1S/C14H20N2O2/c1-3-11-6-4-5-7-13(11)16-12(8-15-2)9-18-10-14(16)17/h4-7,12,15H,3,8-10H2,1-2H3. The average molecular weight is 248 g/mol. The fourth-order valence-electron chi connectivity index (χ4n) is 2.39. The van der Waals surface area contributed by atoms with Gasteiger partial charge in [-0.1, -0.05) is 25.1 Å². The number of amides is 1. The highest BCUT2D eigenvalue weighted by molar-refractivity contribution is 5.96. The van der Waals surface area contributed by atoms with Crippen molar-refractivity contribution in [2.24, 2.45) is 0 Å². The third kappa shape index (κ3) is 2.54. The van der Waals surface area contributed by atoms with E-state index in [0.29, 0.717) is 6.61 Å². The second-order valence-electron chi connectivity index (χ2n) is 4.47. The molecule has 1 aromatic carbocycles. The molecule has 4 heteroatoms. The number of nitrogens with one attached hydrogen (secondary N) is 1. The Bertz CT molecular complexity index is 418. The molecular formula is C14H20N2O2. The number of aryl methyl sites for hydroxylation is 1. The molecule has 4 nitrogen and oxygen atoms in total. The first kappa shape index (κ1) is 13.1. The van der Waals surface area contributed by atoms with Crippen molar-refractivity contribution < 1.29 is 9.53 Å². The Morgan fingerprint density at radius 3 is 2.94 bits per heavy atom. The van der Waals surface area contributed by atoms with Gasteiger partial charge in [-0.2, -0.15) is 0 Å². The lowest BCUT2D eigenvalue weighted by Crippen LogP contribution is -2.53. The van der Waals surface area contributed by atoms with Crippen LogP contribution < -0.4 is 10.2 Å². The lowest BCUT2D eigenvalue weighted by Gasteiger charge is -2.36. The number of ether oxygens (including phenoxy) is 1. The molecule has 1 amide bonds. The minimum Gasteiger partial charge on any atom is -0.369 e. The summed E-state index contributed by atoms with van der Waals surface area (Å²) in [6.07, 6.45) is 0.924. The van der Waals surface area contributed by atoms with E-state index in [1.807, 2.05) is 30.1 Å². The molecule has 98 valence electrons. The number of hydrogen-bond acceptors (Lipinski definition) is 3. The highest BCUT2D eigenvalue weighted by Crippen LogP contribution is 2.25. The number of carbonyl (C=O) groups is 1. The van der Waals surface area contributed by atoms with Crippen LogP contribution in [-0.2, 0) is 16.0 Å². The van der Waals surface area contributed by atoms with E-state index in [1.165, 1.54) is 5.56 Å². The summed E-state index contributed by atoms with van der Waals surface area (Å²) in [5.74, 6) is 0.0439. The second kappa shape index (κ2) is 5.98. The Labute approximate surface area is 108 Å². The molecule has 1 fully saturated rings. The van der Waals surface area contributed by atoms with Gasteiger partial charge in [0.05, 0.1) is 12.6 Å². The molecule has 1 aliphatic heterocycles. The molecule has 0 saturated carbocycles. The summed E-state index contributed by atoms with van der Waals surface area (Å²) in [7, 11) is 1.89. The van der Waals surface area contributed by atoms with Crippen molar-refractivity contribution in [2.45, 2.75) is 19.4 Å². The quantitative estimate of drug-likeness (QED) is 0.870. The largest absolute Gasteiger partial charge is 0.369 e. The zero-order valence-electron chi connectivity index (χ0n) is 11.0. The van der Waals surface area contributed by atoms with Gasteiger partial charge in [-0.25, -0.2) is 0 Å². The second-order valence-corrected chi connectivity index (χ2v) is 4.47. The molecule has 1 unspecified atom stereocenters. The van der Waals surface area contributed by atoms with E-state index in [2.05, 4.69) is 18.3 Å². The number of benzene rings is 1. The van der Waals surface area contributed by atoms with E-state index in [-0.39, 0.29) is 18.6 Å². The maximum atomic E-state index is 12.1. The number of rotatable bonds is 4. The van der Waals surface area contributed by atoms with Gasteiger partial charge in [0.2, 0.25) is 0 Å². The normalized spacial score (nSPS) is 20.2. The van der Waals surface area contributed by atoms with Crippen LogP contribution in [0.3, 0.4) is 0 Å². The van der Waals surface area contributed by atoms with Crippen LogP contribution in [0.2, 0.25) is 0 Å². The fraction of sp³-hybridized carbons (Fsp3) is 0.500. The van der Waals surface area contributed by atoms with E-state index in [1.54, 1.807) is 0 Å². The van der Waals surface area contributed by atoms with Gasteiger partial charge in [0, 0.05) is 12.2 Å². The highest BCUT2D eigenvalue weighted by Gasteiger charge is 2.30. The average Bonchev–Trinajstić information content (AvgIpc) is 2.39. The van der Waals surface area contributed by atoms with Crippen LogP contribution in [0, 0.1) is 0 Å². The minimum absolute atomic E-state index is 0.0439. The SMILES string of the molecule is CCc1ccccc1N1C(=O)COCC1CNC. The third-order valence-corrected chi connectivity index (χ3v) is 3.24. The van der Waals surface area contributed by atoms with Gasteiger partial charge < -0.3 is 15.0 Å². The zero-order valence-corrected chi connectivity index (χ0v) is 11.0. The summed E-state index contributed by atoms with van der Waals surface area (Å²) in [4.78, 5) is 14.0. The first-order valence-electron chi connectivity index (χ1n) is 6.40. The molecule has 1 atom stereocenters. The van der Waals surface area contributed by atoms with Gasteiger partial charge in [0.15, 0.2) is 0 Å². The number of para-hydroxylation sites is 1. The summed E-state index contributed by atoms with van der Waals surface area (Å²) in [5.41, 5.74) is 2.22. The number of morpholine rings is 1. The van der Waals surface area contributed by atoms with Crippen molar-refractivity contribution >= 4 is 11.6 Å². The van der Waals surface area contributed by atoms with Crippen molar-refractivity contribution in [3.05, 3.63) is 29.8 Å².